The maximum absolute atomic E-state index is 5.95. The number of hydrogen-bond donors (Lipinski definition) is 0. The highest BCUT2D eigenvalue weighted by Crippen LogP contribution is 2.33. The Balaban J connectivity index is 1.12. The van der Waals surface area contributed by atoms with Gasteiger partial charge in [-0.2, -0.15) is 0 Å². The van der Waals surface area contributed by atoms with Gasteiger partial charge in [0.1, 0.15) is 48.5 Å². The lowest BCUT2D eigenvalue weighted by molar-refractivity contribution is 0.503. The highest BCUT2D eigenvalue weighted by atomic mass is 32.1. The first kappa shape index (κ1) is 24.7. The van der Waals surface area contributed by atoms with Crippen LogP contribution in [-0.4, -0.2) is 39.9 Å². The van der Waals surface area contributed by atoms with Crippen molar-refractivity contribution in [1.82, 2.24) is 39.9 Å². The lowest BCUT2D eigenvalue weighted by Gasteiger charge is -1.90. The zero-order valence-electron chi connectivity index (χ0n) is 22.7. The minimum atomic E-state index is 0.228. The molecule has 216 valence electrons. The number of thiazole rings is 1. The van der Waals surface area contributed by atoms with E-state index in [0.29, 0.717) is 81.2 Å². The van der Waals surface area contributed by atoms with Gasteiger partial charge in [-0.1, -0.05) is 0 Å². The van der Waals surface area contributed by atoms with Crippen LogP contribution in [0.15, 0.2) is 67.6 Å². The fraction of sp³-hybridized carbons (Fsp3) is 0.143. The summed E-state index contributed by atoms with van der Waals surface area (Å²) in [5.41, 5.74) is 3.88. The summed E-state index contributed by atoms with van der Waals surface area (Å²) in [7, 11) is 0. The van der Waals surface area contributed by atoms with Crippen molar-refractivity contribution in [2.24, 2.45) is 0 Å². The third-order valence-electron chi connectivity index (χ3n) is 6.75. The second-order valence-electron chi connectivity index (χ2n) is 9.82. The van der Waals surface area contributed by atoms with E-state index in [2.05, 4.69) is 34.9 Å². The van der Waals surface area contributed by atoms with Crippen molar-refractivity contribution >= 4 is 11.3 Å². The maximum Gasteiger partial charge on any atom is 0.249 e. The van der Waals surface area contributed by atoms with Gasteiger partial charge in [-0.15, -0.1) is 11.3 Å². The van der Waals surface area contributed by atoms with Crippen molar-refractivity contribution in [3.8, 4) is 69.5 Å². The number of aromatic nitrogens is 8. The quantitative estimate of drug-likeness (QED) is 0.189. The molecule has 8 aromatic heterocycles. The summed E-state index contributed by atoms with van der Waals surface area (Å²) in [4.78, 5) is 36.5. The SMILES string of the molecule is Cc1oc2nc1-c1nc(c(C)o1)-c1nc(co1)Cc1nc(co1)-c1nc(co1)-c1nc(co1)-c1nc(co1)Cc1nc-2cs1. The molecule has 9 heterocycles. The van der Waals surface area contributed by atoms with Gasteiger partial charge in [0, 0.05) is 11.8 Å². The third kappa shape index (κ3) is 4.10. The van der Waals surface area contributed by atoms with Crippen molar-refractivity contribution in [3.63, 3.8) is 0 Å². The Morgan fingerprint density at radius 2 is 1.07 bits per heavy atom. The highest BCUT2D eigenvalue weighted by Gasteiger charge is 2.25. The summed E-state index contributed by atoms with van der Waals surface area (Å²) < 4.78 is 40.2. The van der Waals surface area contributed by atoms with Gasteiger partial charge >= 0.3 is 0 Å². The summed E-state index contributed by atoms with van der Waals surface area (Å²) in [5, 5.41) is 2.66. The molecule has 15 nitrogen and oxygen atoms in total. The number of rotatable bonds is 0. The van der Waals surface area contributed by atoms with E-state index in [9.17, 15) is 0 Å². The largest absolute Gasteiger partial charge is 0.448 e. The molecule has 0 aromatic carbocycles. The molecular weight excluding hydrogens is 592 g/mol. The normalized spacial score (nSPS) is 12.6. The molecule has 0 amide bonds. The number of hydrogen-bond acceptors (Lipinski definition) is 16. The number of aryl methyl sites for hydroxylation is 2. The Labute approximate surface area is 248 Å². The van der Waals surface area contributed by atoms with Gasteiger partial charge in [0.15, 0.2) is 28.5 Å². The van der Waals surface area contributed by atoms with Crippen LogP contribution in [0, 0.1) is 13.8 Å². The zero-order valence-corrected chi connectivity index (χ0v) is 23.5. The fourth-order valence-electron chi connectivity index (χ4n) is 4.67. The smallest absolute Gasteiger partial charge is 0.249 e. The average Bonchev–Trinajstić information content (AvgIpc) is 3.83. The predicted molar refractivity (Wildman–Crippen MR) is 147 cm³/mol. The van der Waals surface area contributed by atoms with Gasteiger partial charge in [0.2, 0.25) is 41.2 Å². The van der Waals surface area contributed by atoms with E-state index in [1.54, 1.807) is 20.1 Å². The molecule has 0 radical (unpaired) electrons. The van der Waals surface area contributed by atoms with Crippen molar-refractivity contribution in [2.45, 2.75) is 26.7 Å². The molecule has 0 aliphatic carbocycles. The standard InChI is InChI=1S/C28H16N8O7S/c1-11-21-27-30-13(5-39-27)3-19-31-15(7-37-19)24-34-17(9-40-24)25-33-16(8-41-25)23-29-14(6-38-23)4-20-32-18(10-44-20)26-35-22(12(2)42-26)28(36-21)43-11/h5-10H,3-4H2,1-2H3. The van der Waals surface area contributed by atoms with E-state index in [0.717, 1.165) is 5.01 Å². The van der Waals surface area contributed by atoms with Crippen molar-refractivity contribution in [1.29, 1.82) is 0 Å². The van der Waals surface area contributed by atoms with Crippen LogP contribution in [-0.2, 0) is 12.8 Å². The average molecular weight is 609 g/mol. The molecule has 0 saturated carbocycles. The molecule has 1 aliphatic rings. The molecule has 0 atom stereocenters. The fourth-order valence-corrected chi connectivity index (χ4v) is 5.46. The Kier molecular flexibility index (Phi) is 5.22. The summed E-state index contributed by atoms with van der Waals surface area (Å²) in [6.45, 7) is 3.56. The van der Waals surface area contributed by atoms with Crippen LogP contribution in [0.5, 0.6) is 0 Å². The van der Waals surface area contributed by atoms with Crippen LogP contribution in [0.1, 0.15) is 33.8 Å². The molecule has 16 heteroatoms. The lowest BCUT2D eigenvalue weighted by atomic mass is 10.3. The van der Waals surface area contributed by atoms with Crippen LogP contribution in [0.25, 0.3) is 69.5 Å². The molecule has 0 unspecified atom stereocenters. The molecule has 44 heavy (non-hydrogen) atoms. The predicted octanol–water partition coefficient (Wildman–Crippen LogP) is 6.17. The molecule has 0 fully saturated rings. The minimum Gasteiger partial charge on any atom is -0.448 e. The first-order chi connectivity index (χ1) is 21.5. The minimum absolute atomic E-state index is 0.228. The molecular formula is C28H16N8O7S. The molecule has 1 aliphatic heterocycles. The summed E-state index contributed by atoms with van der Waals surface area (Å²) >= 11 is 1.45. The van der Waals surface area contributed by atoms with Gasteiger partial charge in [0.25, 0.3) is 0 Å². The lowest BCUT2D eigenvalue weighted by Crippen LogP contribution is -1.90. The zero-order chi connectivity index (χ0) is 29.4. The van der Waals surface area contributed by atoms with Crippen molar-refractivity contribution < 1.29 is 30.9 Å². The van der Waals surface area contributed by atoms with Crippen molar-refractivity contribution in [3.05, 3.63) is 70.5 Å². The molecule has 0 N–H and O–H groups in total. The molecule has 0 saturated heterocycles. The maximum atomic E-state index is 5.95. The van der Waals surface area contributed by atoms with E-state index < -0.39 is 0 Å². The van der Waals surface area contributed by atoms with E-state index in [-0.39, 0.29) is 30.0 Å². The monoisotopic (exact) mass is 608 g/mol. The van der Waals surface area contributed by atoms with Crippen LogP contribution < -0.4 is 0 Å². The third-order valence-corrected chi connectivity index (χ3v) is 7.60. The number of nitrogens with zero attached hydrogens (tertiary/aromatic N) is 8. The van der Waals surface area contributed by atoms with Crippen LogP contribution >= 0.6 is 11.3 Å². The van der Waals surface area contributed by atoms with E-state index >= 15 is 0 Å². The first-order valence-corrected chi connectivity index (χ1v) is 14.1. The molecule has 0 spiro atoms. The van der Waals surface area contributed by atoms with Crippen LogP contribution in [0.2, 0.25) is 0 Å². The number of oxazole rings is 7. The molecule has 9 rings (SSSR count). The summed E-state index contributed by atoms with van der Waals surface area (Å²) in [6, 6.07) is 0. The second kappa shape index (κ2) is 9.30. The first-order valence-electron chi connectivity index (χ1n) is 13.2. The number of fused-ring (bicyclic) bond motifs is 22. The van der Waals surface area contributed by atoms with E-state index in [1.807, 2.05) is 5.38 Å². The Bertz CT molecular complexity index is 2310. The Morgan fingerprint density at radius 1 is 0.500 bits per heavy atom. The topological polar surface area (TPSA) is 195 Å². The van der Waals surface area contributed by atoms with Gasteiger partial charge in [-0.05, 0) is 13.8 Å². The van der Waals surface area contributed by atoms with Gasteiger partial charge in [0.05, 0.1) is 22.8 Å². The van der Waals surface area contributed by atoms with Gasteiger partial charge in [-0.3, -0.25) is 0 Å². The Hall–Kier alpha value is -5.90. The van der Waals surface area contributed by atoms with Crippen LogP contribution in [0.4, 0.5) is 0 Å². The van der Waals surface area contributed by atoms with Gasteiger partial charge < -0.3 is 30.9 Å². The second-order valence-corrected chi connectivity index (χ2v) is 10.8. The van der Waals surface area contributed by atoms with E-state index in [4.69, 9.17) is 35.9 Å². The van der Waals surface area contributed by atoms with Crippen molar-refractivity contribution in [2.75, 3.05) is 0 Å². The molecule has 8 aromatic rings. The van der Waals surface area contributed by atoms with Crippen LogP contribution in [0.3, 0.4) is 0 Å². The highest BCUT2D eigenvalue weighted by molar-refractivity contribution is 7.10. The summed E-state index contributed by atoms with van der Waals surface area (Å²) in [6.07, 6.45) is 8.06. The van der Waals surface area contributed by atoms with E-state index in [1.165, 1.54) is 36.4 Å². The van der Waals surface area contributed by atoms with Gasteiger partial charge in [-0.25, -0.2) is 39.9 Å². The molecule has 16 bridgehead atoms. The Morgan fingerprint density at radius 3 is 1.86 bits per heavy atom. The summed E-state index contributed by atoms with van der Waals surface area (Å²) in [5.74, 6) is 3.07.